The summed E-state index contributed by atoms with van der Waals surface area (Å²) in [5.74, 6) is 1.63. The number of aromatic nitrogens is 3. The number of rotatable bonds is 5. The van der Waals surface area contributed by atoms with E-state index in [2.05, 4.69) is 20.6 Å². The second kappa shape index (κ2) is 5.22. The van der Waals surface area contributed by atoms with Crippen LogP contribution >= 0.6 is 0 Å². The van der Waals surface area contributed by atoms with Gasteiger partial charge in [-0.05, 0) is 5.92 Å². The van der Waals surface area contributed by atoms with Gasteiger partial charge in [0.1, 0.15) is 5.82 Å². The van der Waals surface area contributed by atoms with E-state index in [-0.39, 0.29) is 5.92 Å². The van der Waals surface area contributed by atoms with Crippen LogP contribution in [0.25, 0.3) is 5.65 Å². The standard InChI is InChI=1S/C12H19N5O/c1-8(2)9(18)6-15-11-12-14-4-5-17(12)7-10(13-3)16-11/h4-5,7-9,13,18H,6H2,1-3H3,(H,15,16). The van der Waals surface area contributed by atoms with Crippen molar-refractivity contribution in [3.63, 3.8) is 0 Å². The van der Waals surface area contributed by atoms with Gasteiger partial charge in [-0.3, -0.25) is 0 Å². The lowest BCUT2D eigenvalue weighted by Gasteiger charge is -2.16. The molecule has 0 spiro atoms. The van der Waals surface area contributed by atoms with Crippen LogP contribution in [0, 0.1) is 5.92 Å². The Kier molecular flexibility index (Phi) is 3.66. The highest BCUT2D eigenvalue weighted by molar-refractivity contribution is 5.65. The molecule has 3 N–H and O–H groups in total. The predicted octanol–water partition coefficient (Wildman–Crippen LogP) is 1.20. The molecular weight excluding hydrogens is 230 g/mol. The van der Waals surface area contributed by atoms with Crippen LogP contribution in [0.1, 0.15) is 13.8 Å². The van der Waals surface area contributed by atoms with Gasteiger partial charge in [0.25, 0.3) is 0 Å². The van der Waals surface area contributed by atoms with E-state index in [0.717, 1.165) is 11.5 Å². The molecule has 0 aliphatic carbocycles. The van der Waals surface area contributed by atoms with Crippen LogP contribution < -0.4 is 10.6 Å². The van der Waals surface area contributed by atoms with Gasteiger partial charge in [0.05, 0.1) is 12.3 Å². The Hall–Kier alpha value is -1.82. The van der Waals surface area contributed by atoms with Gasteiger partial charge < -0.3 is 20.1 Å². The first-order valence-corrected chi connectivity index (χ1v) is 6.05. The van der Waals surface area contributed by atoms with Gasteiger partial charge in [-0.2, -0.15) is 0 Å². The quantitative estimate of drug-likeness (QED) is 0.742. The van der Waals surface area contributed by atoms with Crippen molar-refractivity contribution in [2.24, 2.45) is 5.92 Å². The molecule has 2 aromatic heterocycles. The molecular formula is C12H19N5O. The Morgan fingerprint density at radius 1 is 1.44 bits per heavy atom. The van der Waals surface area contributed by atoms with Crippen LogP contribution in [0.2, 0.25) is 0 Å². The van der Waals surface area contributed by atoms with E-state index in [1.54, 1.807) is 6.20 Å². The zero-order chi connectivity index (χ0) is 13.1. The van der Waals surface area contributed by atoms with Crippen LogP contribution in [0.15, 0.2) is 18.6 Å². The van der Waals surface area contributed by atoms with Gasteiger partial charge in [0, 0.05) is 26.0 Å². The number of anilines is 2. The lowest BCUT2D eigenvalue weighted by atomic mass is 10.1. The van der Waals surface area contributed by atoms with Gasteiger partial charge >= 0.3 is 0 Å². The van der Waals surface area contributed by atoms with E-state index in [1.165, 1.54) is 0 Å². The highest BCUT2D eigenvalue weighted by Crippen LogP contribution is 2.16. The summed E-state index contributed by atoms with van der Waals surface area (Å²) in [5.41, 5.74) is 0.755. The third kappa shape index (κ3) is 2.53. The third-order valence-electron chi connectivity index (χ3n) is 2.88. The lowest BCUT2D eigenvalue weighted by Crippen LogP contribution is -2.25. The molecule has 2 aromatic rings. The molecule has 18 heavy (non-hydrogen) atoms. The molecule has 6 nitrogen and oxygen atoms in total. The number of nitrogens with zero attached hydrogens (tertiary/aromatic N) is 3. The van der Waals surface area contributed by atoms with E-state index >= 15 is 0 Å². The summed E-state index contributed by atoms with van der Waals surface area (Å²) in [6.07, 6.45) is 5.05. The Morgan fingerprint density at radius 2 is 2.22 bits per heavy atom. The fourth-order valence-electron chi connectivity index (χ4n) is 1.61. The van der Waals surface area contributed by atoms with Crippen molar-refractivity contribution in [2.45, 2.75) is 20.0 Å². The number of aliphatic hydroxyl groups excluding tert-OH is 1. The minimum absolute atomic E-state index is 0.209. The van der Waals surface area contributed by atoms with E-state index in [0.29, 0.717) is 12.4 Å². The van der Waals surface area contributed by atoms with Crippen molar-refractivity contribution >= 4 is 17.3 Å². The van der Waals surface area contributed by atoms with Crippen LogP contribution in [0.4, 0.5) is 11.6 Å². The monoisotopic (exact) mass is 249 g/mol. The summed E-state index contributed by atoms with van der Waals surface area (Å²) in [4.78, 5) is 8.65. The van der Waals surface area contributed by atoms with Gasteiger partial charge in [-0.15, -0.1) is 0 Å². The molecule has 0 amide bonds. The Morgan fingerprint density at radius 3 is 2.89 bits per heavy atom. The van der Waals surface area contributed by atoms with Gasteiger partial charge in [-0.1, -0.05) is 13.8 Å². The molecule has 0 aliphatic rings. The first-order chi connectivity index (χ1) is 8.61. The molecule has 0 fully saturated rings. The average Bonchev–Trinajstić information content (AvgIpc) is 2.83. The largest absolute Gasteiger partial charge is 0.391 e. The molecule has 0 saturated heterocycles. The SMILES string of the molecule is CNc1cn2ccnc2c(NCC(O)C(C)C)n1. The Balaban J connectivity index is 2.23. The molecule has 0 radical (unpaired) electrons. The highest BCUT2D eigenvalue weighted by atomic mass is 16.3. The molecule has 0 saturated carbocycles. The van der Waals surface area contributed by atoms with E-state index in [4.69, 9.17) is 0 Å². The Bertz CT molecular complexity index is 522. The fraction of sp³-hybridized carbons (Fsp3) is 0.500. The zero-order valence-corrected chi connectivity index (χ0v) is 10.9. The second-order valence-electron chi connectivity index (χ2n) is 4.58. The summed E-state index contributed by atoms with van der Waals surface area (Å²) in [6.45, 7) is 4.42. The van der Waals surface area contributed by atoms with Crippen molar-refractivity contribution < 1.29 is 5.11 Å². The fourth-order valence-corrected chi connectivity index (χ4v) is 1.61. The topological polar surface area (TPSA) is 74.5 Å². The summed E-state index contributed by atoms with van der Waals surface area (Å²) in [6, 6.07) is 0. The molecule has 0 aromatic carbocycles. The number of hydrogen-bond acceptors (Lipinski definition) is 5. The van der Waals surface area contributed by atoms with Crippen LogP contribution in [0.3, 0.4) is 0 Å². The summed E-state index contributed by atoms with van der Waals surface area (Å²) in [5, 5.41) is 15.9. The van der Waals surface area contributed by atoms with Crippen molar-refractivity contribution in [3.8, 4) is 0 Å². The summed E-state index contributed by atoms with van der Waals surface area (Å²) in [7, 11) is 1.82. The number of hydrogen-bond donors (Lipinski definition) is 3. The maximum atomic E-state index is 9.80. The molecule has 0 aliphatic heterocycles. The van der Waals surface area contributed by atoms with Crippen molar-refractivity contribution in [3.05, 3.63) is 18.6 Å². The number of nitrogens with one attached hydrogen (secondary N) is 2. The van der Waals surface area contributed by atoms with Gasteiger partial charge in [0.2, 0.25) is 0 Å². The minimum Gasteiger partial charge on any atom is -0.391 e. The van der Waals surface area contributed by atoms with Crippen molar-refractivity contribution in [1.29, 1.82) is 0 Å². The second-order valence-corrected chi connectivity index (χ2v) is 4.58. The van der Waals surface area contributed by atoms with E-state index in [1.807, 2.05) is 37.7 Å². The molecule has 98 valence electrons. The van der Waals surface area contributed by atoms with Gasteiger partial charge in [-0.25, -0.2) is 9.97 Å². The first kappa shape index (κ1) is 12.6. The Labute approximate surface area is 106 Å². The smallest absolute Gasteiger partial charge is 0.180 e. The highest BCUT2D eigenvalue weighted by Gasteiger charge is 2.11. The third-order valence-corrected chi connectivity index (χ3v) is 2.88. The maximum Gasteiger partial charge on any atom is 0.180 e. The molecule has 1 atom stereocenters. The molecule has 6 heteroatoms. The number of imidazole rings is 1. The van der Waals surface area contributed by atoms with Gasteiger partial charge in [0.15, 0.2) is 11.5 Å². The summed E-state index contributed by atoms with van der Waals surface area (Å²) < 4.78 is 1.89. The maximum absolute atomic E-state index is 9.80. The predicted molar refractivity (Wildman–Crippen MR) is 71.9 cm³/mol. The van der Waals surface area contributed by atoms with Crippen molar-refractivity contribution in [1.82, 2.24) is 14.4 Å². The van der Waals surface area contributed by atoms with Crippen LogP contribution in [-0.4, -0.2) is 39.2 Å². The average molecular weight is 249 g/mol. The first-order valence-electron chi connectivity index (χ1n) is 6.05. The van der Waals surface area contributed by atoms with Crippen LogP contribution in [-0.2, 0) is 0 Å². The van der Waals surface area contributed by atoms with Crippen molar-refractivity contribution in [2.75, 3.05) is 24.2 Å². The molecule has 0 bridgehead atoms. The molecule has 2 heterocycles. The zero-order valence-electron chi connectivity index (χ0n) is 10.9. The van der Waals surface area contributed by atoms with Crippen LogP contribution in [0.5, 0.6) is 0 Å². The molecule has 1 unspecified atom stereocenters. The lowest BCUT2D eigenvalue weighted by molar-refractivity contribution is 0.138. The number of fused-ring (bicyclic) bond motifs is 1. The molecule has 2 rings (SSSR count). The van der Waals surface area contributed by atoms with E-state index in [9.17, 15) is 5.11 Å². The minimum atomic E-state index is -0.403. The summed E-state index contributed by atoms with van der Waals surface area (Å²) >= 11 is 0. The normalized spacial score (nSPS) is 12.9. The van der Waals surface area contributed by atoms with E-state index < -0.39 is 6.10 Å². The number of aliphatic hydroxyl groups is 1.